The standard InChI is InChI=1S/C12H16N4/c1-9-4-10(2)6-12(5-9)16-8-11(7-13-3)14-15-16/h4-6,8,13H,7H2,1-3H3. The van der Waals surface area contributed by atoms with E-state index in [1.807, 2.05) is 17.9 Å². The summed E-state index contributed by atoms with van der Waals surface area (Å²) < 4.78 is 1.81. The molecule has 0 amide bonds. The molecule has 84 valence electrons. The second-order valence-electron chi connectivity index (χ2n) is 4.03. The lowest BCUT2D eigenvalue weighted by Crippen LogP contribution is -2.05. The molecule has 2 rings (SSSR count). The molecule has 1 aromatic heterocycles. The van der Waals surface area contributed by atoms with Crippen LogP contribution in [0.15, 0.2) is 24.4 Å². The van der Waals surface area contributed by atoms with Crippen molar-refractivity contribution < 1.29 is 0 Å². The van der Waals surface area contributed by atoms with Crippen LogP contribution in [0.25, 0.3) is 5.69 Å². The first-order valence-electron chi connectivity index (χ1n) is 5.33. The first-order chi connectivity index (χ1) is 7.69. The molecule has 1 N–H and O–H groups in total. The average Bonchev–Trinajstić information content (AvgIpc) is 2.65. The fraction of sp³-hybridized carbons (Fsp3) is 0.333. The Hall–Kier alpha value is -1.68. The number of hydrogen-bond acceptors (Lipinski definition) is 3. The molecule has 4 nitrogen and oxygen atoms in total. The van der Waals surface area contributed by atoms with E-state index in [4.69, 9.17) is 0 Å². The van der Waals surface area contributed by atoms with E-state index < -0.39 is 0 Å². The first-order valence-corrected chi connectivity index (χ1v) is 5.33. The minimum absolute atomic E-state index is 0.741. The van der Waals surface area contributed by atoms with E-state index in [-0.39, 0.29) is 0 Å². The van der Waals surface area contributed by atoms with E-state index in [0.717, 1.165) is 17.9 Å². The summed E-state index contributed by atoms with van der Waals surface area (Å²) in [5.41, 5.74) is 4.48. The zero-order valence-electron chi connectivity index (χ0n) is 9.86. The van der Waals surface area contributed by atoms with Crippen LogP contribution in [0.3, 0.4) is 0 Å². The van der Waals surface area contributed by atoms with Crippen molar-refractivity contribution in [2.75, 3.05) is 7.05 Å². The van der Waals surface area contributed by atoms with Crippen LogP contribution in [0, 0.1) is 13.8 Å². The van der Waals surface area contributed by atoms with Crippen molar-refractivity contribution in [3.8, 4) is 5.69 Å². The highest BCUT2D eigenvalue weighted by molar-refractivity contribution is 5.38. The molecule has 4 heteroatoms. The maximum absolute atomic E-state index is 4.11. The summed E-state index contributed by atoms with van der Waals surface area (Å²) in [4.78, 5) is 0. The van der Waals surface area contributed by atoms with E-state index in [2.05, 4.69) is 47.7 Å². The summed E-state index contributed by atoms with van der Waals surface area (Å²) in [5.74, 6) is 0. The molecule has 1 heterocycles. The van der Waals surface area contributed by atoms with Crippen molar-refractivity contribution >= 4 is 0 Å². The third kappa shape index (κ3) is 2.28. The quantitative estimate of drug-likeness (QED) is 0.847. The Morgan fingerprint density at radius 3 is 2.50 bits per heavy atom. The summed E-state index contributed by atoms with van der Waals surface area (Å²) in [6.07, 6.45) is 1.95. The molecule has 0 saturated carbocycles. The van der Waals surface area contributed by atoms with Gasteiger partial charge in [0.25, 0.3) is 0 Å². The van der Waals surface area contributed by atoms with Gasteiger partial charge in [0.2, 0.25) is 0 Å². The smallest absolute Gasteiger partial charge is 0.0969 e. The fourth-order valence-corrected chi connectivity index (χ4v) is 1.77. The van der Waals surface area contributed by atoms with Crippen LogP contribution in [-0.4, -0.2) is 22.0 Å². The van der Waals surface area contributed by atoms with Crippen LogP contribution in [0.1, 0.15) is 16.8 Å². The molecule has 0 aliphatic heterocycles. The molecule has 0 bridgehead atoms. The summed E-state index contributed by atoms with van der Waals surface area (Å²) in [7, 11) is 1.90. The monoisotopic (exact) mass is 216 g/mol. The molecule has 2 aromatic rings. The number of nitrogens with one attached hydrogen (secondary N) is 1. The van der Waals surface area contributed by atoms with E-state index in [0.29, 0.717) is 0 Å². The van der Waals surface area contributed by atoms with Crippen LogP contribution in [0.2, 0.25) is 0 Å². The van der Waals surface area contributed by atoms with E-state index in [1.54, 1.807) is 0 Å². The number of benzene rings is 1. The minimum Gasteiger partial charge on any atom is -0.314 e. The van der Waals surface area contributed by atoms with Crippen LogP contribution >= 0.6 is 0 Å². The second kappa shape index (κ2) is 4.45. The molecule has 0 spiro atoms. The van der Waals surface area contributed by atoms with Gasteiger partial charge in [0, 0.05) is 6.54 Å². The fourth-order valence-electron chi connectivity index (χ4n) is 1.77. The molecule has 0 saturated heterocycles. The lowest BCUT2D eigenvalue weighted by Gasteiger charge is -2.03. The van der Waals surface area contributed by atoms with Crippen molar-refractivity contribution in [3.05, 3.63) is 41.2 Å². The predicted octanol–water partition coefficient (Wildman–Crippen LogP) is 1.60. The molecule has 0 unspecified atom stereocenters. The lowest BCUT2D eigenvalue weighted by molar-refractivity contribution is 0.766. The largest absolute Gasteiger partial charge is 0.314 e. The van der Waals surface area contributed by atoms with Gasteiger partial charge in [0.15, 0.2) is 0 Å². The Bertz CT molecular complexity index is 467. The molecule has 0 aliphatic carbocycles. The topological polar surface area (TPSA) is 42.7 Å². The number of nitrogens with zero attached hydrogens (tertiary/aromatic N) is 3. The van der Waals surface area contributed by atoms with Gasteiger partial charge in [0.1, 0.15) is 0 Å². The number of aryl methyl sites for hydroxylation is 2. The van der Waals surface area contributed by atoms with Crippen molar-refractivity contribution in [2.24, 2.45) is 0 Å². The Morgan fingerprint density at radius 2 is 1.88 bits per heavy atom. The lowest BCUT2D eigenvalue weighted by atomic mass is 10.1. The third-order valence-electron chi connectivity index (χ3n) is 2.37. The molecular formula is C12H16N4. The molecular weight excluding hydrogens is 200 g/mol. The van der Waals surface area contributed by atoms with Gasteiger partial charge in [-0.2, -0.15) is 0 Å². The van der Waals surface area contributed by atoms with Gasteiger partial charge in [-0.1, -0.05) is 11.3 Å². The second-order valence-corrected chi connectivity index (χ2v) is 4.03. The Morgan fingerprint density at radius 1 is 1.19 bits per heavy atom. The average molecular weight is 216 g/mol. The predicted molar refractivity (Wildman–Crippen MR) is 63.6 cm³/mol. The van der Waals surface area contributed by atoms with E-state index >= 15 is 0 Å². The highest BCUT2D eigenvalue weighted by Gasteiger charge is 2.02. The minimum atomic E-state index is 0.741. The Labute approximate surface area is 95.3 Å². The number of aromatic nitrogens is 3. The maximum atomic E-state index is 4.11. The van der Waals surface area contributed by atoms with Gasteiger partial charge < -0.3 is 5.32 Å². The van der Waals surface area contributed by atoms with Crippen molar-refractivity contribution in [3.63, 3.8) is 0 Å². The highest BCUT2D eigenvalue weighted by atomic mass is 15.4. The van der Waals surface area contributed by atoms with Crippen LogP contribution in [0.4, 0.5) is 0 Å². The van der Waals surface area contributed by atoms with Crippen LogP contribution in [0.5, 0.6) is 0 Å². The third-order valence-corrected chi connectivity index (χ3v) is 2.37. The van der Waals surface area contributed by atoms with Gasteiger partial charge in [-0.25, -0.2) is 4.68 Å². The zero-order valence-corrected chi connectivity index (χ0v) is 9.86. The van der Waals surface area contributed by atoms with Gasteiger partial charge in [0.05, 0.1) is 17.6 Å². The van der Waals surface area contributed by atoms with E-state index in [9.17, 15) is 0 Å². The van der Waals surface area contributed by atoms with Crippen molar-refractivity contribution in [1.29, 1.82) is 0 Å². The Balaban J connectivity index is 2.34. The van der Waals surface area contributed by atoms with Crippen molar-refractivity contribution in [1.82, 2.24) is 20.3 Å². The van der Waals surface area contributed by atoms with Crippen molar-refractivity contribution in [2.45, 2.75) is 20.4 Å². The van der Waals surface area contributed by atoms with Crippen LogP contribution < -0.4 is 5.32 Å². The van der Waals surface area contributed by atoms with E-state index in [1.165, 1.54) is 11.1 Å². The number of hydrogen-bond donors (Lipinski definition) is 1. The molecule has 1 aromatic carbocycles. The van der Waals surface area contributed by atoms with Gasteiger partial charge in [-0.15, -0.1) is 5.10 Å². The normalized spacial score (nSPS) is 10.7. The summed E-state index contributed by atoms with van der Waals surface area (Å²) in [5, 5.41) is 11.3. The highest BCUT2D eigenvalue weighted by Crippen LogP contribution is 2.12. The van der Waals surface area contributed by atoms with Gasteiger partial charge >= 0.3 is 0 Å². The van der Waals surface area contributed by atoms with Gasteiger partial charge in [-0.05, 0) is 44.2 Å². The first kappa shape index (κ1) is 10.8. The zero-order chi connectivity index (χ0) is 11.5. The number of rotatable bonds is 3. The van der Waals surface area contributed by atoms with Gasteiger partial charge in [-0.3, -0.25) is 0 Å². The molecule has 0 atom stereocenters. The SMILES string of the molecule is CNCc1cn(-c2cc(C)cc(C)c2)nn1. The summed E-state index contributed by atoms with van der Waals surface area (Å²) >= 11 is 0. The molecule has 0 aliphatic rings. The summed E-state index contributed by atoms with van der Waals surface area (Å²) in [6.45, 7) is 4.91. The Kier molecular flexibility index (Phi) is 3.01. The molecule has 16 heavy (non-hydrogen) atoms. The summed E-state index contributed by atoms with van der Waals surface area (Å²) in [6, 6.07) is 6.35. The van der Waals surface area contributed by atoms with Crippen LogP contribution in [-0.2, 0) is 6.54 Å². The maximum Gasteiger partial charge on any atom is 0.0969 e. The molecule has 0 radical (unpaired) electrons. The molecule has 0 fully saturated rings.